The van der Waals surface area contributed by atoms with Gasteiger partial charge in [0, 0.05) is 18.7 Å². The van der Waals surface area contributed by atoms with Crippen molar-refractivity contribution in [2.45, 2.75) is 46.1 Å². The van der Waals surface area contributed by atoms with Gasteiger partial charge in [0.05, 0.1) is 5.69 Å². The van der Waals surface area contributed by atoms with Gasteiger partial charge in [0.25, 0.3) is 0 Å². The Bertz CT molecular complexity index is 413. The van der Waals surface area contributed by atoms with E-state index >= 15 is 0 Å². The molecule has 1 heterocycles. The minimum absolute atomic E-state index is 0.677. The molecule has 2 rings (SSSR count). The standard InChI is InChI=1S/C14H24ClN3/c1-5-16-13-7-6-11(9(13)2)8-12-10(3)17-18(4)14(12)15/h9,11,13,16H,5-8H2,1-4H3. The minimum Gasteiger partial charge on any atom is -0.314 e. The lowest BCUT2D eigenvalue weighted by atomic mass is 9.90. The molecule has 1 aliphatic rings. The van der Waals surface area contributed by atoms with E-state index < -0.39 is 0 Å². The van der Waals surface area contributed by atoms with E-state index in [1.54, 1.807) is 4.68 Å². The second kappa shape index (κ2) is 5.62. The Kier molecular flexibility index (Phi) is 4.33. The molecule has 1 N–H and O–H groups in total. The van der Waals surface area contributed by atoms with Crippen molar-refractivity contribution in [1.82, 2.24) is 15.1 Å². The third-order valence-electron chi connectivity index (χ3n) is 4.43. The molecule has 3 unspecified atom stereocenters. The summed E-state index contributed by atoms with van der Waals surface area (Å²) in [5, 5.41) is 8.80. The van der Waals surface area contributed by atoms with Crippen LogP contribution in [0.15, 0.2) is 0 Å². The number of nitrogens with one attached hydrogen (secondary N) is 1. The molecule has 0 radical (unpaired) electrons. The highest BCUT2D eigenvalue weighted by Crippen LogP contribution is 2.36. The quantitative estimate of drug-likeness (QED) is 0.911. The van der Waals surface area contributed by atoms with E-state index in [4.69, 9.17) is 11.6 Å². The summed E-state index contributed by atoms with van der Waals surface area (Å²) in [7, 11) is 1.92. The number of hydrogen-bond acceptors (Lipinski definition) is 2. The molecule has 1 aliphatic carbocycles. The number of nitrogens with zero attached hydrogens (tertiary/aromatic N) is 2. The SMILES string of the molecule is CCNC1CCC(Cc2c(C)nn(C)c2Cl)C1C. The average molecular weight is 270 g/mol. The summed E-state index contributed by atoms with van der Waals surface area (Å²) in [5.74, 6) is 1.45. The topological polar surface area (TPSA) is 29.9 Å². The number of halogens is 1. The third-order valence-corrected chi connectivity index (χ3v) is 4.90. The second-order valence-electron chi connectivity index (χ2n) is 5.54. The van der Waals surface area contributed by atoms with Gasteiger partial charge < -0.3 is 5.32 Å². The molecule has 0 spiro atoms. The number of hydrogen-bond donors (Lipinski definition) is 1. The summed E-state index contributed by atoms with van der Waals surface area (Å²) in [5.41, 5.74) is 2.33. The molecule has 1 saturated carbocycles. The van der Waals surface area contributed by atoms with Crippen LogP contribution in [-0.4, -0.2) is 22.4 Å². The van der Waals surface area contributed by atoms with Gasteiger partial charge in [-0.15, -0.1) is 0 Å². The monoisotopic (exact) mass is 269 g/mol. The first-order valence-corrected chi connectivity index (χ1v) is 7.33. The molecule has 0 bridgehead atoms. The van der Waals surface area contributed by atoms with Gasteiger partial charge in [0.15, 0.2) is 0 Å². The Labute approximate surface area is 115 Å². The first-order chi connectivity index (χ1) is 8.54. The Morgan fingerprint density at radius 3 is 2.72 bits per heavy atom. The van der Waals surface area contributed by atoms with Gasteiger partial charge in [-0.3, -0.25) is 4.68 Å². The van der Waals surface area contributed by atoms with Gasteiger partial charge in [-0.2, -0.15) is 5.10 Å². The molecule has 4 heteroatoms. The fraction of sp³-hybridized carbons (Fsp3) is 0.786. The Balaban J connectivity index is 2.06. The second-order valence-corrected chi connectivity index (χ2v) is 5.90. The molecule has 0 aromatic carbocycles. The molecule has 0 amide bonds. The van der Waals surface area contributed by atoms with E-state index in [0.717, 1.165) is 35.6 Å². The molecule has 3 atom stereocenters. The molecule has 3 nitrogen and oxygen atoms in total. The summed E-state index contributed by atoms with van der Waals surface area (Å²) in [6, 6.07) is 0.677. The van der Waals surface area contributed by atoms with Crippen LogP contribution in [0.4, 0.5) is 0 Å². The average Bonchev–Trinajstić information content (AvgIpc) is 2.78. The number of aryl methyl sites for hydroxylation is 2. The fourth-order valence-corrected chi connectivity index (χ4v) is 3.51. The van der Waals surface area contributed by atoms with Crippen molar-refractivity contribution in [2.24, 2.45) is 18.9 Å². The lowest BCUT2D eigenvalue weighted by Crippen LogP contribution is -2.32. The molecule has 102 valence electrons. The first-order valence-electron chi connectivity index (χ1n) is 6.96. The van der Waals surface area contributed by atoms with Crippen LogP contribution < -0.4 is 5.32 Å². The van der Waals surface area contributed by atoms with Crippen LogP contribution in [-0.2, 0) is 13.5 Å². The van der Waals surface area contributed by atoms with Crippen molar-refractivity contribution < 1.29 is 0 Å². The molecule has 1 aromatic heterocycles. The van der Waals surface area contributed by atoms with Gasteiger partial charge >= 0.3 is 0 Å². The van der Waals surface area contributed by atoms with E-state index in [1.807, 2.05) is 7.05 Å². The van der Waals surface area contributed by atoms with Crippen LogP contribution in [0.25, 0.3) is 0 Å². The van der Waals surface area contributed by atoms with Crippen molar-refractivity contribution in [3.63, 3.8) is 0 Å². The molecular formula is C14H24ClN3. The van der Waals surface area contributed by atoms with Gasteiger partial charge in [-0.05, 0) is 44.6 Å². The van der Waals surface area contributed by atoms with Gasteiger partial charge in [0.1, 0.15) is 5.15 Å². The molecule has 18 heavy (non-hydrogen) atoms. The van der Waals surface area contributed by atoms with E-state index in [2.05, 4.69) is 31.2 Å². The van der Waals surface area contributed by atoms with Crippen LogP contribution in [0.2, 0.25) is 5.15 Å². The minimum atomic E-state index is 0.677. The predicted octanol–water partition coefficient (Wildman–Crippen LogP) is 2.95. The van der Waals surface area contributed by atoms with Gasteiger partial charge in [-0.1, -0.05) is 25.4 Å². The Hall–Kier alpha value is -0.540. The number of aromatic nitrogens is 2. The zero-order valence-corrected chi connectivity index (χ0v) is 12.6. The first kappa shape index (κ1) is 13.9. The third kappa shape index (κ3) is 2.57. The zero-order chi connectivity index (χ0) is 13.3. The maximum atomic E-state index is 6.32. The number of rotatable bonds is 4. The lowest BCUT2D eigenvalue weighted by Gasteiger charge is -2.21. The largest absolute Gasteiger partial charge is 0.314 e. The highest BCUT2D eigenvalue weighted by atomic mass is 35.5. The fourth-order valence-electron chi connectivity index (χ4n) is 3.25. The van der Waals surface area contributed by atoms with Crippen molar-refractivity contribution in [1.29, 1.82) is 0 Å². The van der Waals surface area contributed by atoms with Crippen LogP contribution >= 0.6 is 11.6 Å². The van der Waals surface area contributed by atoms with Gasteiger partial charge in [-0.25, -0.2) is 0 Å². The van der Waals surface area contributed by atoms with Gasteiger partial charge in [0.2, 0.25) is 0 Å². The van der Waals surface area contributed by atoms with E-state index in [9.17, 15) is 0 Å². The highest BCUT2D eigenvalue weighted by molar-refractivity contribution is 6.30. The molecule has 0 saturated heterocycles. The molecule has 1 aromatic rings. The lowest BCUT2D eigenvalue weighted by molar-refractivity contribution is 0.355. The van der Waals surface area contributed by atoms with Crippen molar-refractivity contribution in [3.8, 4) is 0 Å². The smallest absolute Gasteiger partial charge is 0.130 e. The van der Waals surface area contributed by atoms with Crippen molar-refractivity contribution >= 4 is 11.6 Å². The normalized spacial score (nSPS) is 27.9. The van der Waals surface area contributed by atoms with E-state index in [1.165, 1.54) is 18.4 Å². The summed E-state index contributed by atoms with van der Waals surface area (Å²) in [6.45, 7) is 7.67. The van der Waals surface area contributed by atoms with E-state index in [0.29, 0.717) is 6.04 Å². The summed E-state index contributed by atoms with van der Waals surface area (Å²) in [6.07, 6.45) is 3.65. The van der Waals surface area contributed by atoms with Crippen molar-refractivity contribution in [3.05, 3.63) is 16.4 Å². The molecule has 0 aliphatic heterocycles. The van der Waals surface area contributed by atoms with Crippen molar-refractivity contribution in [2.75, 3.05) is 6.54 Å². The summed E-state index contributed by atoms with van der Waals surface area (Å²) < 4.78 is 1.79. The highest BCUT2D eigenvalue weighted by Gasteiger charge is 2.33. The van der Waals surface area contributed by atoms with Crippen LogP contribution in [0.1, 0.15) is 37.9 Å². The summed E-state index contributed by atoms with van der Waals surface area (Å²) in [4.78, 5) is 0. The summed E-state index contributed by atoms with van der Waals surface area (Å²) >= 11 is 6.32. The molecular weight excluding hydrogens is 246 g/mol. The zero-order valence-electron chi connectivity index (χ0n) is 11.8. The van der Waals surface area contributed by atoms with Crippen LogP contribution in [0, 0.1) is 18.8 Å². The van der Waals surface area contributed by atoms with Crippen LogP contribution in [0.5, 0.6) is 0 Å². The Morgan fingerprint density at radius 2 is 2.17 bits per heavy atom. The predicted molar refractivity (Wildman–Crippen MR) is 76.0 cm³/mol. The van der Waals surface area contributed by atoms with Crippen LogP contribution in [0.3, 0.4) is 0 Å². The Morgan fingerprint density at radius 1 is 1.44 bits per heavy atom. The maximum Gasteiger partial charge on any atom is 0.130 e. The van der Waals surface area contributed by atoms with E-state index in [-0.39, 0.29) is 0 Å². The molecule has 1 fully saturated rings. The maximum absolute atomic E-state index is 6.32.